The number of benzene rings is 2. The molecule has 0 spiro atoms. The van der Waals surface area contributed by atoms with Gasteiger partial charge in [-0.3, -0.25) is 0 Å². The van der Waals surface area contributed by atoms with Crippen LogP contribution >= 0.6 is 0 Å². The maximum absolute atomic E-state index is 11.2. The summed E-state index contributed by atoms with van der Waals surface area (Å²) in [5, 5.41) is 13.6. The minimum atomic E-state index is -0.614. The van der Waals surface area contributed by atoms with E-state index in [4.69, 9.17) is 0 Å². The van der Waals surface area contributed by atoms with Crippen LogP contribution in [-0.2, 0) is 5.60 Å². The van der Waals surface area contributed by atoms with Crippen molar-refractivity contribution in [2.45, 2.75) is 44.6 Å². The predicted octanol–water partition coefficient (Wildman–Crippen LogP) is 4.63. The number of aliphatic hydroxyl groups is 1. The molecule has 19 heavy (non-hydrogen) atoms. The van der Waals surface area contributed by atoms with Crippen LogP contribution in [0.4, 0.5) is 0 Å². The van der Waals surface area contributed by atoms with Gasteiger partial charge in [-0.15, -0.1) is 0 Å². The van der Waals surface area contributed by atoms with Crippen LogP contribution in [0.5, 0.6) is 0 Å². The van der Waals surface area contributed by atoms with Crippen molar-refractivity contribution in [2.75, 3.05) is 0 Å². The second kappa shape index (κ2) is 4.97. The molecule has 3 rings (SSSR count). The molecule has 2 aromatic rings. The van der Waals surface area contributed by atoms with E-state index in [2.05, 4.69) is 49.4 Å². The zero-order chi connectivity index (χ0) is 13.3. The molecule has 0 heterocycles. The molecular weight excluding hydrogens is 232 g/mol. The van der Waals surface area contributed by atoms with Crippen LogP contribution in [0.2, 0.25) is 0 Å². The Morgan fingerprint density at radius 2 is 1.89 bits per heavy atom. The van der Waals surface area contributed by atoms with E-state index in [1.54, 1.807) is 0 Å². The second-order valence-electron chi connectivity index (χ2n) is 5.84. The molecule has 0 saturated heterocycles. The van der Waals surface area contributed by atoms with Gasteiger partial charge in [-0.25, -0.2) is 0 Å². The first-order valence-electron chi connectivity index (χ1n) is 7.45. The third kappa shape index (κ3) is 2.17. The molecule has 1 saturated carbocycles. The van der Waals surface area contributed by atoms with Gasteiger partial charge >= 0.3 is 0 Å². The summed E-state index contributed by atoms with van der Waals surface area (Å²) in [6.45, 7) is 2.20. The van der Waals surface area contributed by atoms with Crippen molar-refractivity contribution in [3.8, 4) is 0 Å². The molecule has 1 aliphatic carbocycles. The second-order valence-corrected chi connectivity index (χ2v) is 5.84. The molecule has 0 amide bonds. The van der Waals surface area contributed by atoms with Crippen LogP contribution in [0.3, 0.4) is 0 Å². The minimum Gasteiger partial charge on any atom is -0.385 e. The van der Waals surface area contributed by atoms with Gasteiger partial charge in [0.25, 0.3) is 0 Å². The van der Waals surface area contributed by atoms with E-state index < -0.39 is 5.60 Å². The molecule has 2 aromatic carbocycles. The summed E-state index contributed by atoms with van der Waals surface area (Å²) >= 11 is 0. The number of hydrogen-bond acceptors (Lipinski definition) is 1. The van der Waals surface area contributed by atoms with Gasteiger partial charge in [-0.1, -0.05) is 62.6 Å². The fourth-order valence-corrected chi connectivity index (χ4v) is 3.61. The van der Waals surface area contributed by atoms with Crippen molar-refractivity contribution >= 4 is 10.8 Å². The third-order valence-electron chi connectivity index (χ3n) is 4.78. The van der Waals surface area contributed by atoms with Crippen molar-refractivity contribution in [3.05, 3.63) is 48.0 Å². The molecular formula is C18H22O. The highest BCUT2D eigenvalue weighted by Gasteiger charge is 2.39. The van der Waals surface area contributed by atoms with Gasteiger partial charge < -0.3 is 5.11 Å². The molecule has 0 bridgehead atoms. The fourth-order valence-electron chi connectivity index (χ4n) is 3.61. The Bertz CT molecular complexity index is 575. The maximum Gasteiger partial charge on any atom is 0.0924 e. The Morgan fingerprint density at radius 3 is 2.68 bits per heavy atom. The van der Waals surface area contributed by atoms with Gasteiger partial charge in [-0.05, 0) is 41.2 Å². The van der Waals surface area contributed by atoms with Gasteiger partial charge in [-0.2, -0.15) is 0 Å². The molecule has 2 atom stereocenters. The highest BCUT2D eigenvalue weighted by atomic mass is 16.3. The molecule has 1 aliphatic rings. The first kappa shape index (κ1) is 12.7. The first-order chi connectivity index (χ1) is 9.24. The average molecular weight is 254 g/mol. The summed E-state index contributed by atoms with van der Waals surface area (Å²) in [5.41, 5.74) is 0.495. The minimum absolute atomic E-state index is 0.405. The lowest BCUT2D eigenvalue weighted by Crippen LogP contribution is -2.37. The number of fused-ring (bicyclic) bond motifs is 1. The Hall–Kier alpha value is -1.34. The molecule has 1 heteroatoms. The number of rotatable bonds is 2. The molecule has 0 radical (unpaired) electrons. The van der Waals surface area contributed by atoms with Crippen molar-refractivity contribution in [1.82, 2.24) is 0 Å². The zero-order valence-electron chi connectivity index (χ0n) is 11.6. The number of hydrogen-bond donors (Lipinski definition) is 1. The van der Waals surface area contributed by atoms with Crippen molar-refractivity contribution in [1.29, 1.82) is 0 Å². The van der Waals surface area contributed by atoms with Crippen molar-refractivity contribution in [3.63, 3.8) is 0 Å². The van der Waals surface area contributed by atoms with Gasteiger partial charge in [0.15, 0.2) is 0 Å². The van der Waals surface area contributed by atoms with Gasteiger partial charge in [0.1, 0.15) is 0 Å². The summed E-state index contributed by atoms with van der Waals surface area (Å²) in [6.07, 6.45) is 5.52. The summed E-state index contributed by atoms with van der Waals surface area (Å²) in [4.78, 5) is 0. The Labute approximate surface area is 115 Å². The molecule has 1 nitrogen and oxygen atoms in total. The highest BCUT2D eigenvalue weighted by molar-refractivity contribution is 5.83. The Kier molecular flexibility index (Phi) is 3.32. The molecule has 1 N–H and O–H groups in total. The SMILES string of the molecule is CCC1CCCCC1(O)c1ccc2ccccc2c1. The monoisotopic (exact) mass is 254 g/mol. The zero-order valence-corrected chi connectivity index (χ0v) is 11.6. The van der Waals surface area contributed by atoms with E-state index in [1.165, 1.54) is 17.2 Å². The lowest BCUT2D eigenvalue weighted by Gasteiger charge is -2.40. The summed E-state index contributed by atoms with van der Waals surface area (Å²) in [7, 11) is 0. The summed E-state index contributed by atoms with van der Waals surface area (Å²) in [5.74, 6) is 0.405. The fraction of sp³-hybridized carbons (Fsp3) is 0.444. The Morgan fingerprint density at radius 1 is 1.11 bits per heavy atom. The third-order valence-corrected chi connectivity index (χ3v) is 4.78. The predicted molar refractivity (Wildman–Crippen MR) is 80.1 cm³/mol. The van der Waals surface area contributed by atoms with Crippen LogP contribution in [0.25, 0.3) is 10.8 Å². The van der Waals surface area contributed by atoms with Gasteiger partial charge in [0.2, 0.25) is 0 Å². The van der Waals surface area contributed by atoms with Crippen LogP contribution in [0, 0.1) is 5.92 Å². The van der Waals surface area contributed by atoms with Crippen LogP contribution in [0.15, 0.2) is 42.5 Å². The van der Waals surface area contributed by atoms with E-state index in [9.17, 15) is 5.11 Å². The maximum atomic E-state index is 11.2. The molecule has 1 fully saturated rings. The van der Waals surface area contributed by atoms with Crippen LogP contribution in [0.1, 0.15) is 44.6 Å². The Balaban J connectivity index is 2.06. The first-order valence-corrected chi connectivity index (χ1v) is 7.45. The quantitative estimate of drug-likeness (QED) is 0.828. The smallest absolute Gasteiger partial charge is 0.0924 e. The molecule has 100 valence electrons. The van der Waals surface area contributed by atoms with E-state index in [-0.39, 0.29) is 0 Å². The molecule has 2 unspecified atom stereocenters. The standard InChI is InChI=1S/C18H22O/c1-2-16-9-5-6-12-18(16,19)17-11-10-14-7-3-4-8-15(14)13-17/h3-4,7-8,10-11,13,16,19H,2,5-6,9,12H2,1H3. The largest absolute Gasteiger partial charge is 0.385 e. The average Bonchev–Trinajstić information content (AvgIpc) is 2.47. The summed E-state index contributed by atoms with van der Waals surface area (Å²) in [6, 6.07) is 14.8. The normalized spacial score (nSPS) is 27.6. The molecule has 0 aliphatic heterocycles. The van der Waals surface area contributed by atoms with Gasteiger partial charge in [0, 0.05) is 0 Å². The summed E-state index contributed by atoms with van der Waals surface area (Å²) < 4.78 is 0. The highest BCUT2D eigenvalue weighted by Crippen LogP contribution is 2.43. The van der Waals surface area contributed by atoms with Crippen LogP contribution in [-0.4, -0.2) is 5.11 Å². The van der Waals surface area contributed by atoms with E-state index in [1.807, 2.05) is 0 Å². The van der Waals surface area contributed by atoms with E-state index >= 15 is 0 Å². The van der Waals surface area contributed by atoms with Crippen LogP contribution < -0.4 is 0 Å². The topological polar surface area (TPSA) is 20.2 Å². The lowest BCUT2D eigenvalue weighted by atomic mass is 9.70. The van der Waals surface area contributed by atoms with Crippen molar-refractivity contribution in [2.24, 2.45) is 5.92 Å². The molecule has 0 aromatic heterocycles. The van der Waals surface area contributed by atoms with Crippen molar-refractivity contribution < 1.29 is 5.11 Å². The lowest BCUT2D eigenvalue weighted by molar-refractivity contribution is -0.0556. The van der Waals surface area contributed by atoms with E-state index in [0.717, 1.165) is 31.2 Å². The van der Waals surface area contributed by atoms with Gasteiger partial charge in [0.05, 0.1) is 5.60 Å². The van der Waals surface area contributed by atoms with E-state index in [0.29, 0.717) is 5.92 Å².